The van der Waals surface area contributed by atoms with Crippen molar-refractivity contribution < 1.29 is 9.90 Å². The quantitative estimate of drug-likeness (QED) is 0.639. The molecule has 0 aliphatic carbocycles. The Morgan fingerprint density at radius 2 is 2.24 bits per heavy atom. The van der Waals surface area contributed by atoms with E-state index in [2.05, 4.69) is 15.1 Å². The van der Waals surface area contributed by atoms with Gasteiger partial charge in [0, 0.05) is 24.2 Å². The Kier molecular flexibility index (Phi) is 4.46. The summed E-state index contributed by atoms with van der Waals surface area (Å²) in [7, 11) is 1.84. The number of carboxylic acid groups (broad SMARTS) is 1. The molecule has 0 aliphatic rings. The molecule has 2 aromatic rings. The number of H-pyrrole nitrogens is 1. The Labute approximate surface area is 125 Å². The minimum atomic E-state index is -1.10. The van der Waals surface area contributed by atoms with E-state index in [9.17, 15) is 14.7 Å². The van der Waals surface area contributed by atoms with Gasteiger partial charge in [0.1, 0.15) is 10.6 Å². The van der Waals surface area contributed by atoms with Crippen molar-refractivity contribution in [3.8, 4) is 0 Å². The lowest BCUT2D eigenvalue weighted by atomic mass is 10.2. The number of nitrogens with one attached hydrogen (secondary N) is 1. The van der Waals surface area contributed by atoms with Crippen LogP contribution in [-0.2, 0) is 19.2 Å². The fourth-order valence-corrected chi connectivity index (χ4v) is 3.02. The molecular weight excluding hydrogens is 292 g/mol. The number of aromatic carboxylic acids is 1. The lowest BCUT2D eigenvalue weighted by Crippen LogP contribution is -2.18. The first-order chi connectivity index (χ1) is 9.92. The Hall–Kier alpha value is -2.09. The molecule has 112 valence electrons. The lowest BCUT2D eigenvalue weighted by molar-refractivity contribution is 0.0690. The van der Waals surface area contributed by atoms with Gasteiger partial charge >= 0.3 is 11.7 Å². The highest BCUT2D eigenvalue weighted by atomic mass is 32.2. The summed E-state index contributed by atoms with van der Waals surface area (Å²) in [6, 6.07) is 1.97. The predicted octanol–water partition coefficient (Wildman–Crippen LogP) is 1.36. The molecule has 2 heterocycles. The second-order valence-electron chi connectivity index (χ2n) is 4.55. The van der Waals surface area contributed by atoms with Gasteiger partial charge in [-0.25, -0.2) is 9.59 Å². The number of hydrogen-bond donors (Lipinski definition) is 2. The van der Waals surface area contributed by atoms with Gasteiger partial charge in [0.15, 0.2) is 0 Å². The number of aryl methyl sites for hydroxylation is 3. The van der Waals surface area contributed by atoms with Gasteiger partial charge in [-0.3, -0.25) is 4.68 Å². The van der Waals surface area contributed by atoms with Crippen LogP contribution in [0.15, 0.2) is 15.9 Å². The maximum atomic E-state index is 11.4. The van der Waals surface area contributed by atoms with Gasteiger partial charge in [0.25, 0.3) is 0 Å². The fourth-order valence-electron chi connectivity index (χ4n) is 1.94. The van der Waals surface area contributed by atoms with Crippen LogP contribution >= 0.6 is 11.8 Å². The SMILES string of the molecule is CCc1cc(CSc2nc(=O)[nH]c(C)c2C(=O)O)n(C)n1. The largest absolute Gasteiger partial charge is 0.478 e. The maximum absolute atomic E-state index is 11.4. The van der Waals surface area contributed by atoms with E-state index in [1.54, 1.807) is 11.6 Å². The minimum Gasteiger partial charge on any atom is -0.478 e. The average Bonchev–Trinajstić information content (AvgIpc) is 2.75. The van der Waals surface area contributed by atoms with Gasteiger partial charge < -0.3 is 10.1 Å². The highest BCUT2D eigenvalue weighted by Crippen LogP contribution is 2.25. The Balaban J connectivity index is 2.29. The normalized spacial score (nSPS) is 10.8. The average molecular weight is 308 g/mol. The highest BCUT2D eigenvalue weighted by Gasteiger charge is 2.17. The molecule has 2 rings (SSSR count). The maximum Gasteiger partial charge on any atom is 0.346 e. The summed E-state index contributed by atoms with van der Waals surface area (Å²) < 4.78 is 1.76. The van der Waals surface area contributed by atoms with Crippen LogP contribution in [0.3, 0.4) is 0 Å². The number of carboxylic acids is 1. The van der Waals surface area contributed by atoms with E-state index >= 15 is 0 Å². The predicted molar refractivity (Wildman–Crippen MR) is 78.7 cm³/mol. The zero-order chi connectivity index (χ0) is 15.6. The molecule has 0 atom stereocenters. The van der Waals surface area contributed by atoms with E-state index in [0.717, 1.165) is 17.8 Å². The van der Waals surface area contributed by atoms with E-state index in [4.69, 9.17) is 0 Å². The molecule has 2 aromatic heterocycles. The molecule has 7 nitrogen and oxygen atoms in total. The topological polar surface area (TPSA) is 101 Å². The molecule has 21 heavy (non-hydrogen) atoms. The van der Waals surface area contributed by atoms with Crippen LogP contribution < -0.4 is 5.69 Å². The van der Waals surface area contributed by atoms with Gasteiger partial charge in [-0.1, -0.05) is 18.7 Å². The van der Waals surface area contributed by atoms with Crippen LogP contribution in [-0.4, -0.2) is 30.8 Å². The third-order valence-electron chi connectivity index (χ3n) is 3.05. The first-order valence-electron chi connectivity index (χ1n) is 6.41. The van der Waals surface area contributed by atoms with Gasteiger partial charge in [-0.2, -0.15) is 10.1 Å². The Morgan fingerprint density at radius 3 is 2.81 bits per heavy atom. The van der Waals surface area contributed by atoms with Crippen molar-refractivity contribution in [2.45, 2.75) is 31.0 Å². The molecule has 0 aliphatic heterocycles. The first-order valence-corrected chi connectivity index (χ1v) is 7.39. The van der Waals surface area contributed by atoms with E-state index in [-0.39, 0.29) is 10.6 Å². The number of thioether (sulfide) groups is 1. The Bertz CT molecular complexity index is 736. The van der Waals surface area contributed by atoms with Gasteiger partial charge in [-0.15, -0.1) is 0 Å². The molecule has 0 fully saturated rings. The molecule has 0 saturated carbocycles. The van der Waals surface area contributed by atoms with Crippen molar-refractivity contribution in [1.82, 2.24) is 19.7 Å². The second kappa shape index (κ2) is 6.13. The van der Waals surface area contributed by atoms with Crippen LogP contribution in [0.5, 0.6) is 0 Å². The summed E-state index contributed by atoms with van der Waals surface area (Å²) in [4.78, 5) is 28.9. The second-order valence-corrected chi connectivity index (χ2v) is 5.51. The van der Waals surface area contributed by atoms with E-state index in [0.29, 0.717) is 11.4 Å². The molecule has 0 amide bonds. The number of rotatable bonds is 5. The summed E-state index contributed by atoms with van der Waals surface area (Å²) in [5.41, 5.74) is 1.73. The zero-order valence-corrected chi connectivity index (χ0v) is 12.8. The van der Waals surface area contributed by atoms with Crippen LogP contribution in [0.4, 0.5) is 0 Å². The summed E-state index contributed by atoms with van der Waals surface area (Å²) in [5.74, 6) is -0.599. The lowest BCUT2D eigenvalue weighted by Gasteiger charge is -2.07. The number of nitrogens with zero attached hydrogens (tertiary/aromatic N) is 3. The van der Waals surface area contributed by atoms with Crippen LogP contribution in [0.25, 0.3) is 0 Å². The van der Waals surface area contributed by atoms with Crippen molar-refractivity contribution in [2.24, 2.45) is 7.05 Å². The van der Waals surface area contributed by atoms with Crippen molar-refractivity contribution in [2.75, 3.05) is 0 Å². The fraction of sp³-hybridized carbons (Fsp3) is 0.385. The van der Waals surface area contributed by atoms with Crippen molar-refractivity contribution in [1.29, 1.82) is 0 Å². The van der Waals surface area contributed by atoms with Gasteiger partial charge in [-0.05, 0) is 19.4 Å². The summed E-state index contributed by atoms with van der Waals surface area (Å²) in [5, 5.41) is 13.8. The zero-order valence-electron chi connectivity index (χ0n) is 12.0. The van der Waals surface area contributed by atoms with E-state index < -0.39 is 11.7 Å². The third kappa shape index (κ3) is 3.33. The van der Waals surface area contributed by atoms with E-state index in [1.807, 2.05) is 20.0 Å². The third-order valence-corrected chi connectivity index (χ3v) is 4.06. The summed E-state index contributed by atoms with van der Waals surface area (Å²) in [6.45, 7) is 3.57. The molecule has 0 bridgehead atoms. The van der Waals surface area contributed by atoms with Crippen LogP contribution in [0.1, 0.15) is 34.4 Å². The molecule has 0 radical (unpaired) electrons. The summed E-state index contributed by atoms with van der Waals surface area (Å²) >= 11 is 1.22. The number of aromatic nitrogens is 4. The smallest absolute Gasteiger partial charge is 0.346 e. The number of hydrogen-bond acceptors (Lipinski definition) is 5. The monoisotopic (exact) mass is 308 g/mol. The highest BCUT2D eigenvalue weighted by molar-refractivity contribution is 7.98. The van der Waals surface area contributed by atoms with Crippen molar-refractivity contribution in [3.63, 3.8) is 0 Å². The molecule has 0 unspecified atom stereocenters. The molecule has 0 saturated heterocycles. The van der Waals surface area contributed by atoms with Gasteiger partial charge in [0.05, 0.1) is 5.69 Å². The molecular formula is C13H16N4O3S. The standard InChI is InChI=1S/C13H16N4O3S/c1-4-8-5-9(17(3)16-8)6-21-11-10(12(18)19)7(2)14-13(20)15-11/h5H,4,6H2,1-3H3,(H,18,19)(H,14,15,20). The molecule has 0 aromatic carbocycles. The Morgan fingerprint density at radius 1 is 1.52 bits per heavy atom. The van der Waals surface area contributed by atoms with Crippen LogP contribution in [0.2, 0.25) is 0 Å². The van der Waals surface area contributed by atoms with Crippen molar-refractivity contribution in [3.05, 3.63) is 39.2 Å². The van der Waals surface area contributed by atoms with Gasteiger partial charge in [0.2, 0.25) is 0 Å². The van der Waals surface area contributed by atoms with Crippen LogP contribution in [0, 0.1) is 6.92 Å². The van der Waals surface area contributed by atoms with Crippen molar-refractivity contribution >= 4 is 17.7 Å². The molecule has 2 N–H and O–H groups in total. The first kappa shape index (κ1) is 15.3. The number of carbonyl (C=O) groups is 1. The summed E-state index contributed by atoms with van der Waals surface area (Å²) in [6.07, 6.45) is 0.835. The molecule has 8 heteroatoms. The molecule has 0 spiro atoms. The van der Waals surface area contributed by atoms with E-state index in [1.165, 1.54) is 11.8 Å². The number of aromatic amines is 1. The minimum absolute atomic E-state index is 0.0393.